The molecular weight excluding hydrogens is 284 g/mol. The van der Waals surface area contributed by atoms with E-state index in [2.05, 4.69) is 0 Å². The van der Waals surface area contributed by atoms with Crippen molar-refractivity contribution in [2.45, 2.75) is 55.3 Å². The molecular formula is C11H10F8. The molecule has 0 spiro atoms. The molecule has 110 valence electrons. The molecule has 0 aromatic rings. The Balaban J connectivity index is 2.36. The van der Waals surface area contributed by atoms with Crippen molar-refractivity contribution < 1.29 is 35.1 Å². The van der Waals surface area contributed by atoms with Crippen molar-refractivity contribution in [1.82, 2.24) is 0 Å². The van der Waals surface area contributed by atoms with Gasteiger partial charge in [-0.2, -0.15) is 8.78 Å². The highest BCUT2D eigenvalue weighted by molar-refractivity contribution is 5.35. The van der Waals surface area contributed by atoms with E-state index in [-0.39, 0.29) is 0 Å². The summed E-state index contributed by atoms with van der Waals surface area (Å²) in [5.41, 5.74) is -12.5. The van der Waals surface area contributed by atoms with E-state index in [1.807, 2.05) is 0 Å². The lowest BCUT2D eigenvalue weighted by atomic mass is 9.42. The summed E-state index contributed by atoms with van der Waals surface area (Å²) in [6.45, 7) is 0.302. The Morgan fingerprint density at radius 3 is 1.37 bits per heavy atom. The monoisotopic (exact) mass is 294 g/mol. The average Bonchev–Trinajstić information content (AvgIpc) is 2.22. The minimum Gasteiger partial charge on any atom is -0.230 e. The molecule has 4 bridgehead atoms. The number of rotatable bonds is 0. The largest absolute Gasteiger partial charge is 0.326 e. The van der Waals surface area contributed by atoms with E-state index in [1.54, 1.807) is 0 Å². The molecule has 0 nitrogen and oxygen atoms in total. The maximum Gasteiger partial charge on any atom is 0.326 e. The van der Waals surface area contributed by atoms with Crippen LogP contribution in [0.5, 0.6) is 0 Å². The van der Waals surface area contributed by atoms with Gasteiger partial charge >= 0.3 is 5.92 Å². The van der Waals surface area contributed by atoms with Crippen molar-refractivity contribution in [1.29, 1.82) is 0 Å². The molecule has 8 heteroatoms. The van der Waals surface area contributed by atoms with Crippen LogP contribution in [0.1, 0.15) is 26.2 Å². The fourth-order valence-electron chi connectivity index (χ4n) is 4.14. The zero-order valence-electron chi connectivity index (χ0n) is 9.72. The highest BCUT2D eigenvalue weighted by Gasteiger charge is 2.99. The van der Waals surface area contributed by atoms with E-state index in [0.717, 1.165) is 0 Å². The van der Waals surface area contributed by atoms with Crippen LogP contribution in [0.3, 0.4) is 0 Å². The van der Waals surface area contributed by atoms with Crippen LogP contribution in [-0.2, 0) is 0 Å². The Morgan fingerprint density at radius 2 is 1.00 bits per heavy atom. The van der Waals surface area contributed by atoms with E-state index in [4.69, 9.17) is 0 Å². The minimum atomic E-state index is -5.41. The summed E-state index contributed by atoms with van der Waals surface area (Å²) in [5, 5.41) is 0. The molecule has 0 aromatic carbocycles. The van der Waals surface area contributed by atoms with E-state index in [9.17, 15) is 35.1 Å². The third-order valence-corrected chi connectivity index (χ3v) is 5.21. The molecule has 0 aliphatic heterocycles. The van der Waals surface area contributed by atoms with Crippen molar-refractivity contribution >= 4 is 0 Å². The second kappa shape index (κ2) is 2.74. The number of halogens is 8. The summed E-state index contributed by atoms with van der Waals surface area (Å²) in [6, 6.07) is 0. The van der Waals surface area contributed by atoms with Crippen molar-refractivity contribution in [3.8, 4) is 0 Å². The van der Waals surface area contributed by atoms with Crippen LogP contribution in [0.4, 0.5) is 35.1 Å². The van der Waals surface area contributed by atoms with E-state index < -0.39 is 59.7 Å². The molecule has 4 aliphatic carbocycles. The van der Waals surface area contributed by atoms with E-state index in [1.165, 1.54) is 0 Å². The molecule has 4 aliphatic rings. The van der Waals surface area contributed by atoms with Crippen LogP contribution < -0.4 is 0 Å². The van der Waals surface area contributed by atoms with Gasteiger partial charge in [-0.1, -0.05) is 0 Å². The Kier molecular flexibility index (Phi) is 1.94. The van der Waals surface area contributed by atoms with Gasteiger partial charge in [0.15, 0.2) is 0 Å². The molecule has 4 fully saturated rings. The Hall–Kier alpha value is -0.560. The molecule has 0 heterocycles. The molecule has 2 atom stereocenters. The van der Waals surface area contributed by atoms with Crippen LogP contribution in [-0.4, -0.2) is 29.1 Å². The summed E-state index contributed by atoms with van der Waals surface area (Å²) >= 11 is 0. The van der Waals surface area contributed by atoms with Crippen LogP contribution >= 0.6 is 0 Å². The first kappa shape index (κ1) is 13.4. The molecule has 19 heavy (non-hydrogen) atoms. The topological polar surface area (TPSA) is 0 Å². The second-order valence-corrected chi connectivity index (χ2v) is 6.14. The number of alkyl halides is 8. The van der Waals surface area contributed by atoms with Crippen LogP contribution in [0, 0.1) is 11.3 Å². The fraction of sp³-hybridized carbons (Fsp3) is 1.00. The lowest BCUT2D eigenvalue weighted by Gasteiger charge is -2.68. The van der Waals surface area contributed by atoms with Crippen molar-refractivity contribution in [2.75, 3.05) is 0 Å². The first-order chi connectivity index (χ1) is 8.29. The van der Waals surface area contributed by atoms with E-state index >= 15 is 0 Å². The summed E-state index contributed by atoms with van der Waals surface area (Å²) in [6.07, 6.45) is -3.44. The van der Waals surface area contributed by atoms with Gasteiger partial charge in [-0.25, -0.2) is 26.3 Å². The molecule has 0 N–H and O–H groups in total. The van der Waals surface area contributed by atoms with Gasteiger partial charge < -0.3 is 0 Å². The quantitative estimate of drug-likeness (QED) is 0.589. The zero-order chi connectivity index (χ0) is 14.7. The van der Waals surface area contributed by atoms with Crippen LogP contribution in [0.2, 0.25) is 0 Å². The predicted octanol–water partition coefficient (Wildman–Crippen LogP) is 4.14. The number of hydrogen-bond donors (Lipinski definition) is 0. The Bertz CT molecular complexity index is 369. The minimum absolute atomic E-state index is 0.302. The van der Waals surface area contributed by atoms with Gasteiger partial charge in [0.05, 0.1) is 0 Å². The van der Waals surface area contributed by atoms with Gasteiger partial charge in [-0.3, -0.25) is 0 Å². The molecule has 0 aromatic heterocycles. The summed E-state index contributed by atoms with van der Waals surface area (Å²) in [5.74, 6) is -16.6. The maximum atomic E-state index is 14.2. The van der Waals surface area contributed by atoms with Gasteiger partial charge in [0.1, 0.15) is 5.41 Å². The van der Waals surface area contributed by atoms with Gasteiger partial charge in [0.2, 0.25) is 11.3 Å². The smallest absolute Gasteiger partial charge is 0.230 e. The van der Waals surface area contributed by atoms with E-state index in [0.29, 0.717) is 6.92 Å². The highest BCUT2D eigenvalue weighted by atomic mass is 19.3. The van der Waals surface area contributed by atoms with Crippen molar-refractivity contribution in [3.63, 3.8) is 0 Å². The lowest BCUT2D eigenvalue weighted by molar-refractivity contribution is -0.473. The highest BCUT2D eigenvalue weighted by Crippen LogP contribution is 2.80. The molecule has 0 amide bonds. The Morgan fingerprint density at radius 1 is 0.632 bits per heavy atom. The summed E-state index contributed by atoms with van der Waals surface area (Å²) in [7, 11) is 0. The van der Waals surface area contributed by atoms with Crippen LogP contribution in [0.15, 0.2) is 0 Å². The number of hydrogen-bond acceptors (Lipinski definition) is 0. The van der Waals surface area contributed by atoms with Crippen molar-refractivity contribution in [3.05, 3.63) is 0 Å². The Labute approximate surface area is 103 Å². The van der Waals surface area contributed by atoms with Gasteiger partial charge in [0, 0.05) is 0 Å². The van der Waals surface area contributed by atoms with Crippen LogP contribution in [0.25, 0.3) is 0 Å². The maximum absolute atomic E-state index is 14.2. The SMILES string of the molecule is CC12CC3CC(F)(C1(F)F)C(F)(F)C(F)(C3)C2(F)F. The third kappa shape index (κ3) is 0.888. The predicted molar refractivity (Wildman–Crippen MR) is 48.0 cm³/mol. The fourth-order valence-corrected chi connectivity index (χ4v) is 4.14. The molecule has 0 radical (unpaired) electrons. The van der Waals surface area contributed by atoms with Gasteiger partial charge in [-0.05, 0) is 32.1 Å². The van der Waals surface area contributed by atoms with Gasteiger partial charge in [-0.15, -0.1) is 0 Å². The molecule has 4 rings (SSSR count). The van der Waals surface area contributed by atoms with Crippen molar-refractivity contribution in [2.24, 2.45) is 11.3 Å². The third-order valence-electron chi connectivity index (χ3n) is 5.21. The summed E-state index contributed by atoms with van der Waals surface area (Å²) < 4.78 is 112. The first-order valence-corrected chi connectivity index (χ1v) is 5.80. The second-order valence-electron chi connectivity index (χ2n) is 6.14. The average molecular weight is 294 g/mol. The lowest BCUT2D eigenvalue weighted by Crippen LogP contribution is -2.88. The zero-order valence-corrected chi connectivity index (χ0v) is 9.72. The molecule has 2 unspecified atom stereocenters. The molecule has 0 saturated heterocycles. The standard InChI is InChI=1S/C11H10F8/c1-6-2-5-3-7(12,9(6,14)15)11(18,19)8(13,4-5)10(6,16)17/h5H,2-4H2,1H3. The first-order valence-electron chi connectivity index (χ1n) is 5.80. The summed E-state index contributed by atoms with van der Waals surface area (Å²) in [4.78, 5) is 0. The molecule has 4 saturated carbocycles. The van der Waals surface area contributed by atoms with Gasteiger partial charge in [0.25, 0.3) is 11.8 Å². The normalized spacial score (nSPS) is 56.4.